The number of fused-ring (bicyclic) bond motifs is 1. The number of nitrogens with zero attached hydrogens (tertiary/aromatic N) is 4. The first-order valence-corrected chi connectivity index (χ1v) is 12.6. The van der Waals surface area contributed by atoms with Crippen molar-refractivity contribution in [1.82, 2.24) is 24.8 Å². The van der Waals surface area contributed by atoms with E-state index >= 15 is 0 Å². The Kier molecular flexibility index (Phi) is 5.74. The van der Waals surface area contributed by atoms with E-state index in [4.69, 9.17) is 17.2 Å². The topological polar surface area (TPSA) is 46.0 Å². The Morgan fingerprint density at radius 1 is 0.889 bits per heavy atom. The highest BCUT2D eigenvalue weighted by Crippen LogP contribution is 2.42. The molecule has 1 saturated heterocycles. The standard InChI is InChI=1S/C30H27N5S/c1-20-18-25(21(2)35(20)27-12-7-9-23-8-3-4-10-24(23)27)29-28(26-11-5-6-15-32-26)33-30(36)34(29)19-22-13-16-31-17-14-22/h3-18,28-29H,19H2,1-2H3,(H,33,36). The maximum absolute atomic E-state index is 5.90. The van der Waals surface area contributed by atoms with Crippen molar-refractivity contribution in [2.75, 3.05) is 0 Å². The predicted octanol–water partition coefficient (Wildman–Crippen LogP) is 6.21. The summed E-state index contributed by atoms with van der Waals surface area (Å²) in [6, 6.07) is 27.5. The van der Waals surface area contributed by atoms with Gasteiger partial charge in [0.15, 0.2) is 5.11 Å². The molecule has 5 aromatic rings. The molecule has 0 aliphatic carbocycles. The Hall–Kier alpha value is -4.03. The molecule has 2 unspecified atom stereocenters. The number of hydrogen-bond donors (Lipinski definition) is 1. The lowest BCUT2D eigenvalue weighted by Crippen LogP contribution is -2.29. The van der Waals surface area contributed by atoms with Crippen molar-refractivity contribution in [2.45, 2.75) is 32.5 Å². The van der Waals surface area contributed by atoms with Gasteiger partial charge in [0.1, 0.15) is 0 Å². The lowest BCUT2D eigenvalue weighted by atomic mass is 9.96. The molecule has 178 valence electrons. The van der Waals surface area contributed by atoms with E-state index in [9.17, 15) is 0 Å². The molecule has 1 aliphatic rings. The van der Waals surface area contributed by atoms with Gasteiger partial charge >= 0.3 is 0 Å². The number of nitrogens with one attached hydrogen (secondary N) is 1. The van der Waals surface area contributed by atoms with Gasteiger partial charge in [0, 0.05) is 41.9 Å². The van der Waals surface area contributed by atoms with E-state index in [2.05, 4.69) is 88.2 Å². The highest BCUT2D eigenvalue weighted by atomic mass is 32.1. The predicted molar refractivity (Wildman–Crippen MR) is 148 cm³/mol. The van der Waals surface area contributed by atoms with Gasteiger partial charge < -0.3 is 14.8 Å². The van der Waals surface area contributed by atoms with Crippen LogP contribution in [-0.2, 0) is 6.54 Å². The fourth-order valence-electron chi connectivity index (χ4n) is 5.46. The minimum Gasteiger partial charge on any atom is -0.352 e. The summed E-state index contributed by atoms with van der Waals surface area (Å²) >= 11 is 5.90. The second kappa shape index (κ2) is 9.21. The van der Waals surface area contributed by atoms with Gasteiger partial charge in [0.2, 0.25) is 0 Å². The summed E-state index contributed by atoms with van der Waals surface area (Å²) in [4.78, 5) is 11.2. The van der Waals surface area contributed by atoms with Crippen molar-refractivity contribution in [3.63, 3.8) is 0 Å². The van der Waals surface area contributed by atoms with E-state index < -0.39 is 0 Å². The third-order valence-electron chi connectivity index (χ3n) is 7.10. The smallest absolute Gasteiger partial charge is 0.170 e. The Morgan fingerprint density at radius 3 is 2.47 bits per heavy atom. The van der Waals surface area contributed by atoms with Crippen LogP contribution in [0.25, 0.3) is 16.5 Å². The van der Waals surface area contributed by atoms with Gasteiger partial charge in [-0.3, -0.25) is 9.97 Å². The summed E-state index contributed by atoms with van der Waals surface area (Å²) in [5.74, 6) is 0. The number of rotatable bonds is 5. The summed E-state index contributed by atoms with van der Waals surface area (Å²) in [7, 11) is 0. The highest BCUT2D eigenvalue weighted by molar-refractivity contribution is 7.80. The van der Waals surface area contributed by atoms with E-state index in [1.54, 1.807) is 0 Å². The van der Waals surface area contributed by atoms with E-state index in [1.165, 1.54) is 39.0 Å². The van der Waals surface area contributed by atoms with Crippen LogP contribution in [0.3, 0.4) is 0 Å². The zero-order valence-corrected chi connectivity index (χ0v) is 21.1. The van der Waals surface area contributed by atoms with Crippen LogP contribution in [-0.4, -0.2) is 24.5 Å². The molecule has 2 aromatic carbocycles. The Morgan fingerprint density at radius 2 is 1.67 bits per heavy atom. The van der Waals surface area contributed by atoms with Crippen LogP contribution in [0.2, 0.25) is 0 Å². The van der Waals surface area contributed by atoms with Crippen molar-refractivity contribution in [1.29, 1.82) is 0 Å². The number of benzene rings is 2. The van der Waals surface area contributed by atoms with Gasteiger partial charge in [-0.15, -0.1) is 0 Å². The molecule has 3 aromatic heterocycles. The van der Waals surface area contributed by atoms with E-state index in [0.717, 1.165) is 10.8 Å². The van der Waals surface area contributed by atoms with Gasteiger partial charge in [-0.2, -0.15) is 0 Å². The quantitative estimate of drug-likeness (QED) is 0.297. The van der Waals surface area contributed by atoms with Gasteiger partial charge in [-0.05, 0) is 79.0 Å². The molecular formula is C30H27N5S. The van der Waals surface area contributed by atoms with Gasteiger partial charge in [-0.1, -0.05) is 42.5 Å². The molecule has 0 spiro atoms. The molecule has 6 heteroatoms. The average molecular weight is 490 g/mol. The fraction of sp³-hybridized carbons (Fsp3) is 0.167. The Balaban J connectivity index is 1.50. The van der Waals surface area contributed by atoms with Crippen molar-refractivity contribution in [3.05, 3.63) is 126 Å². The minimum atomic E-state index is -0.0537. The highest BCUT2D eigenvalue weighted by Gasteiger charge is 2.41. The second-order valence-corrected chi connectivity index (χ2v) is 9.66. The second-order valence-electron chi connectivity index (χ2n) is 9.27. The number of hydrogen-bond acceptors (Lipinski definition) is 3. The molecule has 5 nitrogen and oxygen atoms in total. The third kappa shape index (κ3) is 3.84. The number of aryl methyl sites for hydroxylation is 1. The molecule has 1 N–H and O–H groups in total. The van der Waals surface area contributed by atoms with Crippen molar-refractivity contribution < 1.29 is 0 Å². The van der Waals surface area contributed by atoms with Crippen LogP contribution in [0.5, 0.6) is 0 Å². The third-order valence-corrected chi connectivity index (χ3v) is 7.45. The van der Waals surface area contributed by atoms with E-state index in [-0.39, 0.29) is 12.1 Å². The largest absolute Gasteiger partial charge is 0.352 e. The summed E-state index contributed by atoms with van der Waals surface area (Å²) in [5, 5.41) is 6.80. The SMILES string of the molecule is Cc1cc(C2C(c3ccccn3)NC(=S)N2Cc2ccncc2)c(C)n1-c1cccc2ccccc12. The summed E-state index contributed by atoms with van der Waals surface area (Å²) in [6.07, 6.45) is 5.51. The number of thiocarbonyl (C=S) groups is 1. The maximum Gasteiger partial charge on any atom is 0.170 e. The molecule has 1 aliphatic heterocycles. The van der Waals surface area contributed by atoms with Crippen molar-refractivity contribution in [2.24, 2.45) is 0 Å². The molecule has 6 rings (SSSR count). The average Bonchev–Trinajstić information content (AvgIpc) is 3.39. The molecule has 2 atom stereocenters. The van der Waals surface area contributed by atoms with Crippen molar-refractivity contribution in [3.8, 4) is 5.69 Å². The van der Waals surface area contributed by atoms with Crippen LogP contribution >= 0.6 is 12.2 Å². The number of pyridine rings is 2. The lowest BCUT2D eigenvalue weighted by Gasteiger charge is -2.28. The van der Waals surface area contributed by atoms with Gasteiger partial charge in [0.25, 0.3) is 0 Å². The van der Waals surface area contributed by atoms with Crippen LogP contribution in [0.4, 0.5) is 0 Å². The van der Waals surface area contributed by atoms with Crippen LogP contribution < -0.4 is 5.32 Å². The van der Waals surface area contributed by atoms with Crippen molar-refractivity contribution >= 4 is 28.1 Å². The first kappa shape index (κ1) is 22.4. The normalized spacial score (nSPS) is 17.5. The summed E-state index contributed by atoms with van der Waals surface area (Å²) < 4.78 is 2.37. The molecule has 0 saturated carbocycles. The van der Waals surface area contributed by atoms with Gasteiger partial charge in [-0.25, -0.2) is 0 Å². The maximum atomic E-state index is 5.90. The monoisotopic (exact) mass is 489 g/mol. The molecular weight excluding hydrogens is 462 g/mol. The zero-order valence-electron chi connectivity index (χ0n) is 20.3. The van der Waals surface area contributed by atoms with E-state index in [1.807, 2.05) is 42.9 Å². The molecule has 0 bridgehead atoms. The molecule has 36 heavy (non-hydrogen) atoms. The summed E-state index contributed by atoms with van der Waals surface area (Å²) in [6.45, 7) is 5.09. The van der Waals surface area contributed by atoms with Crippen LogP contribution in [0.15, 0.2) is 97.5 Å². The Bertz CT molecular complexity index is 1540. The Labute approximate surface area is 216 Å². The molecule has 1 fully saturated rings. The first-order valence-electron chi connectivity index (χ1n) is 12.2. The molecule has 4 heterocycles. The van der Waals surface area contributed by atoms with Crippen LogP contribution in [0, 0.1) is 13.8 Å². The number of aromatic nitrogens is 3. The summed E-state index contributed by atoms with van der Waals surface area (Å²) in [5.41, 5.74) is 7.00. The van der Waals surface area contributed by atoms with Crippen LogP contribution in [0.1, 0.15) is 40.3 Å². The first-order chi connectivity index (χ1) is 17.6. The minimum absolute atomic E-state index is 0.00417. The fourth-order valence-corrected chi connectivity index (χ4v) is 5.77. The molecule has 0 radical (unpaired) electrons. The molecule has 0 amide bonds. The van der Waals surface area contributed by atoms with Gasteiger partial charge in [0.05, 0.1) is 23.5 Å². The van der Waals surface area contributed by atoms with E-state index in [0.29, 0.717) is 6.54 Å². The zero-order chi connectivity index (χ0) is 24.6. The lowest BCUT2D eigenvalue weighted by molar-refractivity contribution is 0.310.